The first-order valence-corrected chi connectivity index (χ1v) is 8.89. The number of thiophene rings is 1. The second-order valence-corrected chi connectivity index (χ2v) is 7.17. The highest BCUT2D eigenvalue weighted by Gasteiger charge is 2.17. The minimum atomic E-state index is -0.0680. The monoisotopic (exact) mass is 347 g/mol. The summed E-state index contributed by atoms with van der Waals surface area (Å²) in [7, 11) is 1.65. The molecule has 0 saturated heterocycles. The van der Waals surface area contributed by atoms with Gasteiger partial charge in [0.1, 0.15) is 0 Å². The minimum absolute atomic E-state index is 0.0162. The Morgan fingerprint density at radius 3 is 2.83 bits per heavy atom. The Kier molecular flexibility index (Phi) is 7.21. The molecule has 0 saturated carbocycles. The van der Waals surface area contributed by atoms with Crippen LogP contribution < -0.4 is 5.32 Å². The molecule has 0 radical (unpaired) electrons. The molecule has 2 amide bonds. The average Bonchev–Trinajstić information content (AvgIpc) is 2.97. The number of pyridine rings is 1. The molecule has 0 fully saturated rings. The predicted octanol–water partition coefficient (Wildman–Crippen LogP) is 3.24. The zero-order chi connectivity index (χ0) is 17.4. The quantitative estimate of drug-likeness (QED) is 0.797. The summed E-state index contributed by atoms with van der Waals surface area (Å²) in [6, 6.07) is 9.92. The van der Waals surface area contributed by atoms with Crippen LogP contribution in [0.1, 0.15) is 22.4 Å². The molecule has 0 aliphatic heterocycles. The zero-order valence-corrected chi connectivity index (χ0v) is 15.3. The number of amides is 2. The second-order valence-electron chi connectivity index (χ2n) is 5.80. The number of nitrogens with zero attached hydrogens (tertiary/aromatic N) is 2. The Labute approximate surface area is 147 Å². The third-order valence-corrected chi connectivity index (χ3v) is 4.59. The maximum Gasteiger partial charge on any atom is 0.318 e. The molecule has 6 heteroatoms. The lowest BCUT2D eigenvalue weighted by Gasteiger charge is -2.24. The van der Waals surface area contributed by atoms with Gasteiger partial charge in [-0.1, -0.05) is 6.07 Å². The van der Waals surface area contributed by atoms with E-state index in [1.807, 2.05) is 25.1 Å². The number of nitrogens with one attached hydrogen (secondary N) is 1. The molecule has 0 aromatic carbocycles. The van der Waals surface area contributed by atoms with Gasteiger partial charge in [0.15, 0.2) is 0 Å². The first kappa shape index (κ1) is 18.4. The number of rotatable bonds is 8. The Morgan fingerprint density at radius 2 is 2.21 bits per heavy atom. The maximum atomic E-state index is 12.6. The fourth-order valence-electron chi connectivity index (χ4n) is 2.40. The summed E-state index contributed by atoms with van der Waals surface area (Å²) in [5, 5.41) is 3.06. The predicted molar refractivity (Wildman–Crippen MR) is 97.3 cm³/mol. The van der Waals surface area contributed by atoms with Gasteiger partial charge in [-0.25, -0.2) is 4.79 Å². The van der Waals surface area contributed by atoms with Crippen molar-refractivity contribution in [2.24, 2.45) is 0 Å². The molecular formula is C18H25N3O2S. The summed E-state index contributed by atoms with van der Waals surface area (Å²) >= 11 is 1.72. The molecule has 1 N–H and O–H groups in total. The second kappa shape index (κ2) is 9.39. The highest BCUT2D eigenvalue weighted by Crippen LogP contribution is 2.17. The van der Waals surface area contributed by atoms with E-state index in [2.05, 4.69) is 29.4 Å². The van der Waals surface area contributed by atoms with Gasteiger partial charge in [0, 0.05) is 47.8 Å². The largest absolute Gasteiger partial charge is 0.383 e. The van der Waals surface area contributed by atoms with E-state index in [0.29, 0.717) is 26.1 Å². The van der Waals surface area contributed by atoms with E-state index < -0.39 is 0 Å². The van der Waals surface area contributed by atoms with E-state index in [-0.39, 0.29) is 12.1 Å². The van der Waals surface area contributed by atoms with Crippen LogP contribution in [0.2, 0.25) is 0 Å². The molecule has 0 unspecified atom stereocenters. The third-order valence-electron chi connectivity index (χ3n) is 3.61. The Hall–Kier alpha value is -1.92. The van der Waals surface area contributed by atoms with Crippen molar-refractivity contribution in [3.8, 4) is 0 Å². The van der Waals surface area contributed by atoms with Gasteiger partial charge in [0.25, 0.3) is 0 Å². The summed E-state index contributed by atoms with van der Waals surface area (Å²) in [4.78, 5) is 21.1. The van der Waals surface area contributed by atoms with Gasteiger partial charge in [-0.05, 0) is 38.1 Å². The van der Waals surface area contributed by atoms with Crippen molar-refractivity contribution in [3.05, 3.63) is 52.0 Å². The molecule has 0 aliphatic carbocycles. The van der Waals surface area contributed by atoms with E-state index in [9.17, 15) is 4.79 Å². The molecule has 5 nitrogen and oxygen atoms in total. The van der Waals surface area contributed by atoms with Crippen LogP contribution in [0.5, 0.6) is 0 Å². The smallest absolute Gasteiger partial charge is 0.318 e. The normalized spacial score (nSPS) is 12.0. The number of methoxy groups -OCH3 is 1. The molecule has 1 atom stereocenters. The Morgan fingerprint density at radius 1 is 1.38 bits per heavy atom. The zero-order valence-electron chi connectivity index (χ0n) is 14.5. The van der Waals surface area contributed by atoms with Crippen molar-refractivity contribution in [2.75, 3.05) is 20.3 Å². The summed E-state index contributed by atoms with van der Waals surface area (Å²) in [6.45, 7) is 5.75. The lowest BCUT2D eigenvalue weighted by Crippen LogP contribution is -2.45. The molecular weight excluding hydrogens is 322 g/mol. The van der Waals surface area contributed by atoms with Gasteiger partial charge in [0.2, 0.25) is 0 Å². The van der Waals surface area contributed by atoms with Crippen LogP contribution in [-0.2, 0) is 17.7 Å². The SMILES string of the molecule is COCCN(Cc1ccc(C)s1)C(=O)N[C@H](C)Cc1ccccn1. The van der Waals surface area contributed by atoms with E-state index in [1.165, 1.54) is 9.75 Å². The van der Waals surface area contributed by atoms with Crippen LogP contribution in [-0.4, -0.2) is 42.2 Å². The Bertz CT molecular complexity index is 630. The van der Waals surface area contributed by atoms with Crippen molar-refractivity contribution < 1.29 is 9.53 Å². The molecule has 0 bridgehead atoms. The highest BCUT2D eigenvalue weighted by atomic mass is 32.1. The average molecular weight is 347 g/mol. The van der Waals surface area contributed by atoms with Crippen molar-refractivity contribution in [1.29, 1.82) is 0 Å². The Balaban J connectivity index is 1.93. The minimum Gasteiger partial charge on any atom is -0.383 e. The third kappa shape index (κ3) is 5.94. The molecule has 2 aromatic rings. The first-order chi connectivity index (χ1) is 11.6. The lowest BCUT2D eigenvalue weighted by atomic mass is 10.1. The van der Waals surface area contributed by atoms with Gasteiger partial charge in [-0.3, -0.25) is 4.98 Å². The van der Waals surface area contributed by atoms with Crippen molar-refractivity contribution >= 4 is 17.4 Å². The maximum absolute atomic E-state index is 12.6. The van der Waals surface area contributed by atoms with Crippen molar-refractivity contribution in [1.82, 2.24) is 15.2 Å². The van der Waals surface area contributed by atoms with Gasteiger partial charge in [0.05, 0.1) is 13.2 Å². The van der Waals surface area contributed by atoms with Crippen LogP contribution in [0.25, 0.3) is 0 Å². The number of carbonyl (C=O) groups is 1. The summed E-state index contributed by atoms with van der Waals surface area (Å²) in [5.74, 6) is 0. The number of urea groups is 1. The fraction of sp³-hybridized carbons (Fsp3) is 0.444. The number of ether oxygens (including phenoxy) is 1. The summed E-state index contributed by atoms with van der Waals surface area (Å²) in [6.07, 6.45) is 2.48. The molecule has 2 rings (SSSR count). The summed E-state index contributed by atoms with van der Waals surface area (Å²) < 4.78 is 5.14. The molecule has 2 aromatic heterocycles. The number of aryl methyl sites for hydroxylation is 1. The summed E-state index contributed by atoms with van der Waals surface area (Å²) in [5.41, 5.74) is 0.975. The van der Waals surface area contributed by atoms with E-state index in [4.69, 9.17) is 4.74 Å². The van der Waals surface area contributed by atoms with E-state index in [1.54, 1.807) is 29.5 Å². The van der Waals surface area contributed by atoms with E-state index in [0.717, 1.165) is 5.69 Å². The molecule has 0 spiro atoms. The standard InChI is InChI=1S/C18H25N3O2S/c1-14(12-16-6-4-5-9-19-16)20-18(22)21(10-11-23-3)13-17-8-7-15(2)24-17/h4-9,14H,10-13H2,1-3H3,(H,20,22)/t14-/m1/s1. The molecule has 130 valence electrons. The van der Waals surface area contributed by atoms with Crippen molar-refractivity contribution in [2.45, 2.75) is 32.9 Å². The molecule has 24 heavy (non-hydrogen) atoms. The number of hydrogen-bond donors (Lipinski definition) is 1. The molecule has 0 aliphatic rings. The number of carbonyl (C=O) groups excluding carboxylic acids is 1. The topological polar surface area (TPSA) is 54.5 Å². The molecule has 2 heterocycles. The van der Waals surface area contributed by atoms with Crippen LogP contribution >= 0.6 is 11.3 Å². The van der Waals surface area contributed by atoms with Gasteiger partial charge >= 0.3 is 6.03 Å². The highest BCUT2D eigenvalue weighted by molar-refractivity contribution is 7.11. The van der Waals surface area contributed by atoms with Crippen LogP contribution in [0.4, 0.5) is 4.79 Å². The number of hydrogen-bond acceptors (Lipinski definition) is 4. The number of aromatic nitrogens is 1. The van der Waals surface area contributed by atoms with Gasteiger partial charge < -0.3 is 15.0 Å². The van der Waals surface area contributed by atoms with Gasteiger partial charge in [-0.15, -0.1) is 11.3 Å². The first-order valence-electron chi connectivity index (χ1n) is 8.08. The van der Waals surface area contributed by atoms with Crippen LogP contribution in [0.3, 0.4) is 0 Å². The fourth-order valence-corrected chi connectivity index (χ4v) is 3.30. The van der Waals surface area contributed by atoms with Crippen molar-refractivity contribution in [3.63, 3.8) is 0 Å². The van der Waals surface area contributed by atoms with Gasteiger partial charge in [-0.2, -0.15) is 0 Å². The van der Waals surface area contributed by atoms with Crippen LogP contribution in [0.15, 0.2) is 36.5 Å². The lowest BCUT2D eigenvalue weighted by molar-refractivity contribution is 0.145. The van der Waals surface area contributed by atoms with E-state index >= 15 is 0 Å². The van der Waals surface area contributed by atoms with Crippen LogP contribution in [0, 0.1) is 6.92 Å².